The van der Waals surface area contributed by atoms with Crippen molar-refractivity contribution < 1.29 is 27.5 Å². The van der Waals surface area contributed by atoms with Crippen molar-refractivity contribution in [3.63, 3.8) is 0 Å². The van der Waals surface area contributed by atoms with E-state index in [1.54, 1.807) is 12.1 Å². The van der Waals surface area contributed by atoms with Crippen LogP contribution in [-0.4, -0.2) is 15.6 Å². The van der Waals surface area contributed by atoms with E-state index in [2.05, 4.69) is 0 Å². The van der Waals surface area contributed by atoms with Crippen LogP contribution in [0, 0.1) is 5.82 Å². The average molecular weight is 441 g/mol. The van der Waals surface area contributed by atoms with E-state index in [0.717, 1.165) is 18.2 Å². The van der Waals surface area contributed by atoms with Crippen LogP contribution in [0.2, 0.25) is 0 Å². The van der Waals surface area contributed by atoms with Crippen molar-refractivity contribution in [2.75, 3.05) is 0 Å². The Labute approximate surface area is 179 Å². The number of carbonyl (C=O) groups is 1. The molecule has 0 unspecified atom stereocenters. The van der Waals surface area contributed by atoms with Gasteiger partial charge in [0, 0.05) is 27.6 Å². The van der Waals surface area contributed by atoms with E-state index in [0.29, 0.717) is 0 Å². The van der Waals surface area contributed by atoms with E-state index >= 15 is 0 Å². The second-order valence-electron chi connectivity index (χ2n) is 7.12. The molecule has 162 valence electrons. The molecule has 8 heteroatoms. The maximum absolute atomic E-state index is 14.3. The normalized spacial score (nSPS) is 11.6. The number of aromatic carboxylic acids is 1. The molecular weight excluding hydrogens is 426 g/mol. The van der Waals surface area contributed by atoms with Crippen LogP contribution < -0.4 is 5.43 Å². The van der Waals surface area contributed by atoms with Gasteiger partial charge < -0.3 is 9.67 Å². The summed E-state index contributed by atoms with van der Waals surface area (Å²) in [6.45, 7) is -0.247. The second kappa shape index (κ2) is 7.96. The van der Waals surface area contributed by atoms with E-state index in [-0.39, 0.29) is 34.1 Å². The SMILES string of the molecule is O=C(O)c1c(-c2cccccc2=O)c2cc(C(F)(F)F)ccc2n1Cc1ccccc1F. The van der Waals surface area contributed by atoms with E-state index in [9.17, 15) is 32.3 Å². The topological polar surface area (TPSA) is 59.3 Å². The van der Waals surface area contributed by atoms with Gasteiger partial charge in [-0.15, -0.1) is 0 Å². The molecule has 32 heavy (non-hydrogen) atoms. The fraction of sp³-hybridized carbons (Fsp3) is 0.0833. The minimum Gasteiger partial charge on any atom is -0.477 e. The predicted octanol–water partition coefficient (Wildman–Crippen LogP) is 5.57. The lowest BCUT2D eigenvalue weighted by Crippen LogP contribution is -2.12. The molecule has 0 spiro atoms. The summed E-state index contributed by atoms with van der Waals surface area (Å²) in [7, 11) is 0. The van der Waals surface area contributed by atoms with Crippen LogP contribution in [0.5, 0.6) is 0 Å². The number of nitrogens with zero attached hydrogens (tertiary/aromatic N) is 1. The van der Waals surface area contributed by atoms with Gasteiger partial charge in [-0.2, -0.15) is 13.2 Å². The first-order valence-electron chi connectivity index (χ1n) is 9.48. The summed E-state index contributed by atoms with van der Waals surface area (Å²) < 4.78 is 55.8. The number of fused-ring (bicyclic) bond motifs is 1. The standard InChI is InChI=1S/C24H15F4NO3/c25-18-8-5-4-6-14(18)13-29-19-11-10-15(24(26,27)28)12-17(19)21(22(29)23(31)32)16-7-2-1-3-9-20(16)30/h1-12H,13H2,(H,31,32). The molecular formula is C24H15F4NO3. The van der Waals surface area contributed by atoms with Gasteiger partial charge in [0.25, 0.3) is 0 Å². The Morgan fingerprint density at radius 1 is 0.938 bits per heavy atom. The van der Waals surface area contributed by atoms with Gasteiger partial charge in [0.15, 0.2) is 5.43 Å². The van der Waals surface area contributed by atoms with Crippen molar-refractivity contribution in [1.82, 2.24) is 4.57 Å². The minimum absolute atomic E-state index is 0.0585. The van der Waals surface area contributed by atoms with Crippen molar-refractivity contribution in [3.05, 3.63) is 106 Å². The zero-order valence-electron chi connectivity index (χ0n) is 16.4. The van der Waals surface area contributed by atoms with Gasteiger partial charge in [0.2, 0.25) is 0 Å². The van der Waals surface area contributed by atoms with Crippen molar-refractivity contribution >= 4 is 16.9 Å². The number of benzene rings is 2. The smallest absolute Gasteiger partial charge is 0.416 e. The Bertz CT molecular complexity index is 1410. The van der Waals surface area contributed by atoms with Gasteiger partial charge in [0.1, 0.15) is 11.5 Å². The van der Waals surface area contributed by atoms with Crippen LogP contribution in [0.4, 0.5) is 17.6 Å². The van der Waals surface area contributed by atoms with E-state index in [1.165, 1.54) is 47.0 Å². The van der Waals surface area contributed by atoms with Crippen molar-refractivity contribution in [3.8, 4) is 11.1 Å². The molecule has 0 atom stereocenters. The Balaban J connectivity index is 2.13. The molecule has 0 aliphatic carbocycles. The number of rotatable bonds is 4. The molecule has 4 aromatic rings. The third kappa shape index (κ3) is 3.75. The largest absolute Gasteiger partial charge is 0.477 e. The molecule has 3 aromatic carbocycles. The fourth-order valence-electron chi connectivity index (χ4n) is 3.72. The number of halogens is 4. The average Bonchev–Trinajstić information content (AvgIpc) is 2.89. The molecule has 0 aliphatic rings. The monoisotopic (exact) mass is 441 g/mol. The van der Waals surface area contributed by atoms with E-state index in [1.807, 2.05) is 0 Å². The van der Waals surface area contributed by atoms with E-state index < -0.39 is 34.6 Å². The highest BCUT2D eigenvalue weighted by atomic mass is 19.4. The molecule has 4 nitrogen and oxygen atoms in total. The molecule has 1 heterocycles. The maximum Gasteiger partial charge on any atom is 0.416 e. The van der Waals surface area contributed by atoms with Gasteiger partial charge in [-0.3, -0.25) is 4.79 Å². The minimum atomic E-state index is -4.68. The zero-order valence-corrected chi connectivity index (χ0v) is 16.4. The zero-order chi connectivity index (χ0) is 23.0. The summed E-state index contributed by atoms with van der Waals surface area (Å²) in [6.07, 6.45) is -4.68. The number of carboxylic acid groups (broad SMARTS) is 1. The van der Waals surface area contributed by atoms with Crippen LogP contribution in [-0.2, 0) is 12.7 Å². The van der Waals surface area contributed by atoms with Crippen LogP contribution >= 0.6 is 0 Å². The first-order chi connectivity index (χ1) is 15.2. The summed E-state index contributed by atoms with van der Waals surface area (Å²) in [5.41, 5.74) is -1.86. The Morgan fingerprint density at radius 3 is 2.31 bits per heavy atom. The number of aromatic nitrogens is 1. The quantitative estimate of drug-likeness (QED) is 0.421. The lowest BCUT2D eigenvalue weighted by atomic mass is 10.0. The molecule has 0 bridgehead atoms. The second-order valence-corrected chi connectivity index (χ2v) is 7.12. The van der Waals surface area contributed by atoms with Crippen LogP contribution in [0.3, 0.4) is 0 Å². The molecule has 0 aliphatic heterocycles. The third-order valence-electron chi connectivity index (χ3n) is 5.15. The summed E-state index contributed by atoms with van der Waals surface area (Å²) in [4.78, 5) is 25.0. The summed E-state index contributed by atoms with van der Waals surface area (Å²) in [5, 5.41) is 9.94. The highest BCUT2D eigenvalue weighted by molar-refractivity contribution is 6.08. The number of hydrogen-bond acceptors (Lipinski definition) is 2. The highest BCUT2D eigenvalue weighted by Crippen LogP contribution is 2.38. The fourth-order valence-corrected chi connectivity index (χ4v) is 3.72. The molecule has 4 rings (SSSR count). The summed E-state index contributed by atoms with van der Waals surface area (Å²) >= 11 is 0. The Morgan fingerprint density at radius 2 is 1.62 bits per heavy atom. The van der Waals surface area contributed by atoms with Crippen molar-refractivity contribution in [1.29, 1.82) is 0 Å². The molecule has 0 fully saturated rings. The molecule has 0 saturated heterocycles. The Hall–Kier alpha value is -3.94. The Kier molecular flexibility index (Phi) is 5.30. The van der Waals surface area contributed by atoms with Gasteiger partial charge in [-0.25, -0.2) is 9.18 Å². The number of carboxylic acids is 1. The van der Waals surface area contributed by atoms with E-state index in [4.69, 9.17) is 0 Å². The molecule has 0 amide bonds. The van der Waals surface area contributed by atoms with Gasteiger partial charge in [-0.1, -0.05) is 42.5 Å². The van der Waals surface area contributed by atoms with Crippen molar-refractivity contribution in [2.24, 2.45) is 0 Å². The van der Waals surface area contributed by atoms with Gasteiger partial charge in [-0.05, 0) is 30.3 Å². The van der Waals surface area contributed by atoms with Crippen molar-refractivity contribution in [2.45, 2.75) is 12.7 Å². The summed E-state index contributed by atoms with van der Waals surface area (Å²) in [6, 6.07) is 15.6. The predicted molar refractivity (Wildman–Crippen MR) is 111 cm³/mol. The number of hydrogen-bond donors (Lipinski definition) is 1. The first-order valence-corrected chi connectivity index (χ1v) is 9.48. The van der Waals surface area contributed by atoms with Gasteiger partial charge >= 0.3 is 12.1 Å². The lowest BCUT2D eigenvalue weighted by molar-refractivity contribution is -0.137. The van der Waals surface area contributed by atoms with Crippen LogP contribution in [0.15, 0.2) is 77.6 Å². The van der Waals surface area contributed by atoms with Gasteiger partial charge in [0.05, 0.1) is 12.1 Å². The lowest BCUT2D eigenvalue weighted by Gasteiger charge is -2.11. The number of alkyl halides is 3. The highest BCUT2D eigenvalue weighted by Gasteiger charge is 2.33. The molecule has 0 saturated carbocycles. The third-order valence-corrected chi connectivity index (χ3v) is 5.15. The molecule has 1 aromatic heterocycles. The summed E-state index contributed by atoms with van der Waals surface area (Å²) in [5.74, 6) is -2.04. The molecule has 1 N–H and O–H groups in total. The first kappa shape index (κ1) is 21.3. The molecule has 0 radical (unpaired) electrons. The van der Waals surface area contributed by atoms with Crippen LogP contribution in [0.1, 0.15) is 21.6 Å². The maximum atomic E-state index is 14.3. The van der Waals surface area contributed by atoms with Crippen LogP contribution in [0.25, 0.3) is 22.0 Å².